The molecule has 0 bridgehead atoms. The maximum Gasteiger partial charge on any atom is 0.167 e. The standard InChI is InChI=1S/C20H20N2O3/c1-15-3-5-16(6-4-15)22(17-7-11-19(23-2)12-8-17)18-9-13-20(14-10-18)24-25-21/h3-14H,21H2,1-2H3. The van der Waals surface area contributed by atoms with Crippen LogP contribution < -0.4 is 20.4 Å². The summed E-state index contributed by atoms with van der Waals surface area (Å²) < 4.78 is 5.26. The van der Waals surface area contributed by atoms with Crippen molar-refractivity contribution in [3.63, 3.8) is 0 Å². The van der Waals surface area contributed by atoms with E-state index in [0.29, 0.717) is 5.75 Å². The van der Waals surface area contributed by atoms with Crippen LogP contribution in [0.25, 0.3) is 0 Å². The number of benzene rings is 3. The van der Waals surface area contributed by atoms with Gasteiger partial charge in [-0.05, 0) is 67.6 Å². The monoisotopic (exact) mass is 336 g/mol. The molecule has 0 atom stereocenters. The molecule has 0 radical (unpaired) electrons. The normalized spacial score (nSPS) is 10.4. The first kappa shape index (κ1) is 16.8. The largest absolute Gasteiger partial charge is 0.497 e. The van der Waals surface area contributed by atoms with E-state index >= 15 is 0 Å². The number of anilines is 3. The lowest BCUT2D eigenvalue weighted by atomic mass is 10.1. The molecule has 0 fully saturated rings. The van der Waals surface area contributed by atoms with E-state index in [4.69, 9.17) is 15.5 Å². The van der Waals surface area contributed by atoms with Crippen molar-refractivity contribution in [2.45, 2.75) is 6.92 Å². The first-order valence-electron chi connectivity index (χ1n) is 7.85. The van der Waals surface area contributed by atoms with Crippen LogP contribution in [0.4, 0.5) is 17.1 Å². The number of nitrogens with zero attached hydrogens (tertiary/aromatic N) is 1. The molecule has 3 rings (SSSR count). The Balaban J connectivity index is 2.02. The molecule has 25 heavy (non-hydrogen) atoms. The maximum absolute atomic E-state index is 5.26. The van der Waals surface area contributed by atoms with Crippen molar-refractivity contribution in [3.05, 3.63) is 78.4 Å². The minimum atomic E-state index is 0.532. The van der Waals surface area contributed by atoms with Gasteiger partial charge in [-0.3, -0.25) is 0 Å². The summed E-state index contributed by atoms with van der Waals surface area (Å²) in [5.74, 6) is 6.29. The van der Waals surface area contributed by atoms with Crippen LogP contribution in [0.15, 0.2) is 72.8 Å². The van der Waals surface area contributed by atoms with Crippen LogP contribution in [-0.2, 0) is 4.99 Å². The van der Waals surface area contributed by atoms with E-state index < -0.39 is 0 Å². The lowest BCUT2D eigenvalue weighted by Gasteiger charge is -2.25. The molecule has 0 saturated carbocycles. The fourth-order valence-electron chi connectivity index (χ4n) is 2.58. The van der Waals surface area contributed by atoms with Gasteiger partial charge in [0.15, 0.2) is 5.75 Å². The van der Waals surface area contributed by atoms with Gasteiger partial charge in [0.2, 0.25) is 0 Å². The number of ether oxygens (including phenoxy) is 1. The fraction of sp³-hybridized carbons (Fsp3) is 0.100. The van der Waals surface area contributed by atoms with E-state index in [1.807, 2.05) is 36.4 Å². The van der Waals surface area contributed by atoms with Gasteiger partial charge in [0.1, 0.15) is 5.75 Å². The smallest absolute Gasteiger partial charge is 0.167 e. The van der Waals surface area contributed by atoms with Gasteiger partial charge in [0.05, 0.1) is 7.11 Å². The molecule has 0 aliphatic heterocycles. The van der Waals surface area contributed by atoms with Crippen molar-refractivity contribution in [2.75, 3.05) is 12.0 Å². The SMILES string of the molecule is COc1ccc(N(c2ccc(C)cc2)c2ccc(OON)cc2)cc1. The second-order valence-electron chi connectivity index (χ2n) is 5.54. The zero-order chi connectivity index (χ0) is 17.6. The highest BCUT2D eigenvalue weighted by molar-refractivity contribution is 5.77. The molecular formula is C20H20N2O3. The van der Waals surface area contributed by atoms with Crippen LogP contribution in [0.1, 0.15) is 5.56 Å². The third kappa shape index (κ3) is 3.91. The lowest BCUT2D eigenvalue weighted by Crippen LogP contribution is -2.10. The summed E-state index contributed by atoms with van der Waals surface area (Å²) in [7, 11) is 1.66. The molecule has 2 N–H and O–H groups in total. The number of nitrogens with two attached hydrogens (primary N) is 1. The highest BCUT2D eigenvalue weighted by atomic mass is 17.3. The second kappa shape index (κ2) is 7.70. The molecule has 0 heterocycles. The Hall–Kier alpha value is -3.02. The first-order chi connectivity index (χ1) is 12.2. The molecule has 0 spiro atoms. The number of aryl methyl sites for hydroxylation is 1. The van der Waals surface area contributed by atoms with Crippen molar-refractivity contribution >= 4 is 17.1 Å². The second-order valence-corrected chi connectivity index (χ2v) is 5.54. The summed E-state index contributed by atoms with van der Waals surface area (Å²) in [5, 5.41) is 0. The summed E-state index contributed by atoms with van der Waals surface area (Å²) >= 11 is 0. The molecule has 5 nitrogen and oxygen atoms in total. The van der Waals surface area contributed by atoms with Crippen LogP contribution in [-0.4, -0.2) is 7.11 Å². The van der Waals surface area contributed by atoms with Gasteiger partial charge < -0.3 is 14.5 Å². The molecule has 128 valence electrons. The van der Waals surface area contributed by atoms with Crippen molar-refractivity contribution in [1.29, 1.82) is 0 Å². The summed E-state index contributed by atoms with van der Waals surface area (Å²) in [6, 6.07) is 23.8. The Kier molecular flexibility index (Phi) is 5.18. The number of methoxy groups -OCH3 is 1. The van der Waals surface area contributed by atoms with Gasteiger partial charge in [-0.25, -0.2) is 0 Å². The van der Waals surface area contributed by atoms with Gasteiger partial charge in [-0.15, -0.1) is 0 Å². The molecule has 0 aromatic heterocycles. The van der Waals surface area contributed by atoms with Crippen LogP contribution in [0.3, 0.4) is 0 Å². The van der Waals surface area contributed by atoms with Crippen LogP contribution >= 0.6 is 0 Å². The zero-order valence-electron chi connectivity index (χ0n) is 14.2. The van der Waals surface area contributed by atoms with Crippen molar-refractivity contribution in [1.82, 2.24) is 0 Å². The summed E-state index contributed by atoms with van der Waals surface area (Å²) in [6.07, 6.45) is 0. The number of hydrogen-bond donors (Lipinski definition) is 1. The highest BCUT2D eigenvalue weighted by Gasteiger charge is 2.12. The summed E-state index contributed by atoms with van der Waals surface area (Å²) in [5.41, 5.74) is 4.27. The average Bonchev–Trinajstić information content (AvgIpc) is 2.66. The van der Waals surface area contributed by atoms with Gasteiger partial charge in [-0.2, -0.15) is 5.90 Å². The Bertz CT molecular complexity index is 800. The minimum absolute atomic E-state index is 0.532. The predicted octanol–water partition coefficient (Wildman–Crippen LogP) is 4.66. The molecule has 0 saturated heterocycles. The topological polar surface area (TPSA) is 57.0 Å². The number of rotatable bonds is 6. The summed E-state index contributed by atoms with van der Waals surface area (Å²) in [4.78, 5) is 11.2. The molecule has 0 unspecified atom stereocenters. The van der Waals surface area contributed by atoms with E-state index in [2.05, 4.69) is 41.1 Å². The predicted molar refractivity (Wildman–Crippen MR) is 98.3 cm³/mol. The summed E-state index contributed by atoms with van der Waals surface area (Å²) in [6.45, 7) is 2.07. The van der Waals surface area contributed by atoms with Gasteiger partial charge in [0.25, 0.3) is 0 Å². The molecule has 0 aliphatic rings. The fourth-order valence-corrected chi connectivity index (χ4v) is 2.58. The Morgan fingerprint density at radius 2 is 1.12 bits per heavy atom. The third-order valence-corrected chi connectivity index (χ3v) is 3.86. The minimum Gasteiger partial charge on any atom is -0.497 e. The Morgan fingerprint density at radius 1 is 0.680 bits per heavy atom. The molecular weight excluding hydrogens is 316 g/mol. The highest BCUT2D eigenvalue weighted by Crippen LogP contribution is 2.36. The van der Waals surface area contributed by atoms with Gasteiger partial charge in [0, 0.05) is 17.1 Å². The van der Waals surface area contributed by atoms with Crippen LogP contribution in [0.2, 0.25) is 0 Å². The quantitative estimate of drug-likeness (QED) is 0.524. The van der Waals surface area contributed by atoms with E-state index in [1.165, 1.54) is 5.56 Å². The zero-order valence-corrected chi connectivity index (χ0v) is 14.2. The van der Waals surface area contributed by atoms with E-state index in [-0.39, 0.29) is 0 Å². The van der Waals surface area contributed by atoms with Crippen LogP contribution in [0.5, 0.6) is 11.5 Å². The van der Waals surface area contributed by atoms with Crippen molar-refractivity contribution < 1.29 is 14.6 Å². The third-order valence-electron chi connectivity index (χ3n) is 3.86. The van der Waals surface area contributed by atoms with Crippen molar-refractivity contribution in [2.24, 2.45) is 5.90 Å². The molecule has 3 aromatic rings. The van der Waals surface area contributed by atoms with Crippen molar-refractivity contribution in [3.8, 4) is 11.5 Å². The van der Waals surface area contributed by atoms with Crippen LogP contribution in [0, 0.1) is 6.92 Å². The lowest BCUT2D eigenvalue weighted by molar-refractivity contribution is -0.211. The van der Waals surface area contributed by atoms with E-state index in [1.54, 1.807) is 19.2 Å². The first-order valence-corrected chi connectivity index (χ1v) is 7.85. The Morgan fingerprint density at radius 3 is 1.56 bits per heavy atom. The Labute approximate surface area is 147 Å². The molecule has 0 amide bonds. The molecule has 0 aliphatic carbocycles. The maximum atomic E-state index is 5.26. The van der Waals surface area contributed by atoms with Gasteiger partial charge >= 0.3 is 0 Å². The number of hydrogen-bond acceptors (Lipinski definition) is 5. The van der Waals surface area contributed by atoms with E-state index in [0.717, 1.165) is 22.8 Å². The van der Waals surface area contributed by atoms with Gasteiger partial charge in [-0.1, -0.05) is 22.7 Å². The molecule has 5 heteroatoms. The average molecular weight is 336 g/mol. The molecule has 3 aromatic carbocycles. The van der Waals surface area contributed by atoms with E-state index in [9.17, 15) is 0 Å².